The normalized spacial score (nSPS) is 10.2. The molecule has 0 bridgehead atoms. The Labute approximate surface area is 114 Å². The van der Waals surface area contributed by atoms with Gasteiger partial charge in [-0.2, -0.15) is 4.98 Å². The minimum absolute atomic E-state index is 0.142. The van der Waals surface area contributed by atoms with Crippen LogP contribution in [0.3, 0.4) is 0 Å². The molecule has 3 N–H and O–H groups in total. The average molecular weight is 285 g/mol. The highest BCUT2D eigenvalue weighted by Gasteiger charge is 2.06. The zero-order valence-corrected chi connectivity index (χ0v) is 11.0. The lowest BCUT2D eigenvalue weighted by Crippen LogP contribution is -2.00. The van der Waals surface area contributed by atoms with Gasteiger partial charge in [0.15, 0.2) is 5.82 Å². The van der Waals surface area contributed by atoms with E-state index >= 15 is 0 Å². The predicted molar refractivity (Wildman–Crippen MR) is 72.7 cm³/mol. The number of hydrogen-bond acceptors (Lipinski definition) is 5. The minimum Gasteiger partial charge on any atom is -0.495 e. The van der Waals surface area contributed by atoms with Crippen molar-refractivity contribution in [2.24, 2.45) is 0 Å². The molecule has 0 saturated carbocycles. The number of nitrogens with one attached hydrogen (secondary N) is 1. The Morgan fingerprint density at radius 3 is 2.78 bits per heavy atom. The van der Waals surface area contributed by atoms with Crippen LogP contribution in [0.5, 0.6) is 5.75 Å². The summed E-state index contributed by atoms with van der Waals surface area (Å²) in [6, 6.07) is 5.22. The minimum atomic E-state index is 0.142. The van der Waals surface area contributed by atoms with Gasteiger partial charge in [0.2, 0.25) is 5.95 Å². The number of hydrogen-bond donors (Lipinski definition) is 2. The van der Waals surface area contributed by atoms with Crippen LogP contribution in [-0.4, -0.2) is 17.1 Å². The van der Waals surface area contributed by atoms with Crippen molar-refractivity contribution in [3.8, 4) is 5.75 Å². The quantitative estimate of drug-likeness (QED) is 0.906. The maximum absolute atomic E-state index is 5.95. The third kappa shape index (κ3) is 2.75. The van der Waals surface area contributed by atoms with Gasteiger partial charge in [-0.05, 0) is 12.1 Å². The molecule has 18 heavy (non-hydrogen) atoms. The van der Waals surface area contributed by atoms with Gasteiger partial charge >= 0.3 is 0 Å². The van der Waals surface area contributed by atoms with Crippen LogP contribution in [0, 0.1) is 0 Å². The molecule has 0 fully saturated rings. The highest BCUT2D eigenvalue weighted by atomic mass is 35.5. The fourth-order valence-corrected chi connectivity index (χ4v) is 1.68. The monoisotopic (exact) mass is 284 g/mol. The molecule has 0 aliphatic rings. The van der Waals surface area contributed by atoms with E-state index in [1.54, 1.807) is 25.3 Å². The summed E-state index contributed by atoms with van der Waals surface area (Å²) in [5.41, 5.74) is 6.23. The lowest BCUT2D eigenvalue weighted by Gasteiger charge is -2.09. The highest BCUT2D eigenvalue weighted by molar-refractivity contribution is 6.33. The van der Waals surface area contributed by atoms with Gasteiger partial charge in [-0.1, -0.05) is 23.2 Å². The van der Waals surface area contributed by atoms with E-state index in [9.17, 15) is 0 Å². The summed E-state index contributed by atoms with van der Waals surface area (Å²) in [6.45, 7) is 0. The molecule has 2 rings (SSSR count). The van der Waals surface area contributed by atoms with E-state index < -0.39 is 0 Å². The second-order valence-electron chi connectivity index (χ2n) is 3.40. The molecule has 0 spiro atoms. The van der Waals surface area contributed by atoms with Crippen LogP contribution in [0.15, 0.2) is 24.4 Å². The third-order valence-electron chi connectivity index (χ3n) is 2.18. The van der Waals surface area contributed by atoms with Crippen molar-refractivity contribution in [1.82, 2.24) is 9.97 Å². The predicted octanol–water partition coefficient (Wildman–Crippen LogP) is 3.12. The van der Waals surface area contributed by atoms with Crippen LogP contribution in [0.25, 0.3) is 0 Å². The number of benzene rings is 1. The Hall–Kier alpha value is -1.72. The highest BCUT2D eigenvalue weighted by Crippen LogP contribution is 2.30. The van der Waals surface area contributed by atoms with Crippen molar-refractivity contribution in [3.63, 3.8) is 0 Å². The largest absolute Gasteiger partial charge is 0.495 e. The number of aromatic nitrogens is 2. The maximum Gasteiger partial charge on any atom is 0.222 e. The van der Waals surface area contributed by atoms with Gasteiger partial charge in [-0.3, -0.25) is 0 Å². The SMILES string of the molecule is COc1cc(Nc2nc(N)ncc2Cl)ccc1Cl. The van der Waals surface area contributed by atoms with Gasteiger partial charge in [0, 0.05) is 11.8 Å². The van der Waals surface area contributed by atoms with Crippen molar-refractivity contribution >= 4 is 40.7 Å². The van der Waals surface area contributed by atoms with Gasteiger partial charge in [0.25, 0.3) is 0 Å². The van der Waals surface area contributed by atoms with Crippen molar-refractivity contribution < 1.29 is 4.74 Å². The molecule has 0 amide bonds. The number of nitrogens with zero attached hydrogens (tertiary/aromatic N) is 2. The lowest BCUT2D eigenvalue weighted by atomic mass is 10.3. The molecule has 94 valence electrons. The Bertz CT molecular complexity index is 577. The first-order chi connectivity index (χ1) is 8.60. The van der Waals surface area contributed by atoms with Gasteiger partial charge < -0.3 is 15.8 Å². The molecule has 1 heterocycles. The van der Waals surface area contributed by atoms with Gasteiger partial charge in [-0.15, -0.1) is 0 Å². The fraction of sp³-hybridized carbons (Fsp3) is 0.0909. The smallest absolute Gasteiger partial charge is 0.222 e. The number of rotatable bonds is 3. The van der Waals surface area contributed by atoms with Crippen molar-refractivity contribution in [2.45, 2.75) is 0 Å². The van der Waals surface area contributed by atoms with E-state index in [0.29, 0.717) is 21.6 Å². The average Bonchev–Trinajstić information content (AvgIpc) is 2.36. The van der Waals surface area contributed by atoms with E-state index in [0.717, 1.165) is 5.69 Å². The molecule has 1 aromatic heterocycles. The zero-order valence-electron chi connectivity index (χ0n) is 9.45. The first-order valence-electron chi connectivity index (χ1n) is 4.98. The summed E-state index contributed by atoms with van der Waals surface area (Å²) < 4.78 is 5.11. The summed E-state index contributed by atoms with van der Waals surface area (Å²) in [4.78, 5) is 7.77. The Balaban J connectivity index is 2.31. The van der Waals surface area contributed by atoms with E-state index in [1.165, 1.54) is 6.20 Å². The van der Waals surface area contributed by atoms with Crippen LogP contribution in [0.1, 0.15) is 0 Å². The Morgan fingerprint density at radius 2 is 2.06 bits per heavy atom. The summed E-state index contributed by atoms with van der Waals surface area (Å²) in [5, 5.41) is 3.91. The van der Waals surface area contributed by atoms with Crippen molar-refractivity contribution in [2.75, 3.05) is 18.2 Å². The molecular weight excluding hydrogens is 275 g/mol. The zero-order chi connectivity index (χ0) is 13.1. The molecular formula is C11H10Cl2N4O. The Morgan fingerprint density at radius 1 is 1.28 bits per heavy atom. The molecule has 0 radical (unpaired) electrons. The summed E-state index contributed by atoms with van der Waals surface area (Å²) in [7, 11) is 1.54. The lowest BCUT2D eigenvalue weighted by molar-refractivity contribution is 0.415. The Kier molecular flexibility index (Phi) is 3.74. The van der Waals surface area contributed by atoms with E-state index in [-0.39, 0.29) is 5.95 Å². The number of nitrogen functional groups attached to an aromatic ring is 1. The van der Waals surface area contributed by atoms with Crippen LogP contribution in [0.4, 0.5) is 17.5 Å². The van der Waals surface area contributed by atoms with Crippen LogP contribution in [0.2, 0.25) is 10.0 Å². The standard InChI is InChI=1S/C11H10Cl2N4O/c1-18-9-4-6(2-3-7(9)12)16-10-8(13)5-15-11(14)17-10/h2-5H,1H3,(H3,14,15,16,17). The number of anilines is 3. The molecule has 5 nitrogen and oxygen atoms in total. The maximum atomic E-state index is 5.95. The molecule has 7 heteroatoms. The van der Waals surface area contributed by atoms with Crippen LogP contribution < -0.4 is 15.8 Å². The summed E-state index contributed by atoms with van der Waals surface area (Å²) in [6.07, 6.45) is 1.43. The van der Waals surface area contributed by atoms with Gasteiger partial charge in [0.05, 0.1) is 18.3 Å². The van der Waals surface area contributed by atoms with Gasteiger partial charge in [-0.25, -0.2) is 4.98 Å². The molecule has 0 saturated heterocycles. The number of methoxy groups -OCH3 is 1. The summed E-state index contributed by atoms with van der Waals surface area (Å²) in [5.74, 6) is 1.12. The molecule has 0 atom stereocenters. The third-order valence-corrected chi connectivity index (χ3v) is 2.77. The first-order valence-corrected chi connectivity index (χ1v) is 5.74. The first kappa shape index (κ1) is 12.7. The molecule has 0 aliphatic heterocycles. The second kappa shape index (κ2) is 5.29. The van der Waals surface area contributed by atoms with E-state index in [2.05, 4.69) is 15.3 Å². The topological polar surface area (TPSA) is 73.1 Å². The number of ether oxygens (including phenoxy) is 1. The van der Waals surface area contributed by atoms with E-state index in [1.807, 2.05) is 0 Å². The van der Waals surface area contributed by atoms with E-state index in [4.69, 9.17) is 33.7 Å². The number of halogens is 2. The summed E-state index contributed by atoms with van der Waals surface area (Å²) >= 11 is 11.9. The van der Waals surface area contributed by atoms with Crippen molar-refractivity contribution in [3.05, 3.63) is 34.4 Å². The van der Waals surface area contributed by atoms with Gasteiger partial charge in [0.1, 0.15) is 10.8 Å². The second-order valence-corrected chi connectivity index (χ2v) is 4.21. The van der Waals surface area contributed by atoms with Crippen molar-refractivity contribution in [1.29, 1.82) is 0 Å². The molecule has 1 aromatic carbocycles. The fourth-order valence-electron chi connectivity index (χ4n) is 1.34. The van der Waals surface area contributed by atoms with Crippen LogP contribution >= 0.6 is 23.2 Å². The molecule has 0 aliphatic carbocycles. The number of nitrogens with two attached hydrogens (primary N) is 1. The molecule has 0 unspecified atom stereocenters. The van der Waals surface area contributed by atoms with Crippen LogP contribution in [-0.2, 0) is 0 Å². The molecule has 2 aromatic rings.